The third kappa shape index (κ3) is 3.19. The van der Waals surface area contributed by atoms with Gasteiger partial charge < -0.3 is 4.90 Å². The summed E-state index contributed by atoms with van der Waals surface area (Å²) in [6.45, 7) is 6.21. The van der Waals surface area contributed by atoms with Crippen molar-refractivity contribution < 1.29 is 4.79 Å². The first-order chi connectivity index (χ1) is 8.95. The normalized spacial score (nSPS) is 10.5. The summed E-state index contributed by atoms with van der Waals surface area (Å²) in [5.41, 5.74) is 2.88. The van der Waals surface area contributed by atoms with Gasteiger partial charge in [-0.05, 0) is 32.9 Å². The number of carbonyl (C=O) groups excluding carboxylic acids is 1. The third-order valence-corrected chi connectivity index (χ3v) is 2.84. The molecule has 0 bridgehead atoms. The quantitative estimate of drug-likeness (QED) is 0.916. The first-order valence-electron chi connectivity index (χ1n) is 6.17. The summed E-state index contributed by atoms with van der Waals surface area (Å²) >= 11 is 0. The summed E-state index contributed by atoms with van der Waals surface area (Å²) in [5.74, 6) is 1.36. The van der Waals surface area contributed by atoms with E-state index in [1.807, 2.05) is 32.9 Å². The summed E-state index contributed by atoms with van der Waals surface area (Å²) in [6.07, 6.45) is 0. The van der Waals surface area contributed by atoms with Crippen molar-refractivity contribution in [2.24, 2.45) is 0 Å². The fraction of sp³-hybridized carbons (Fsp3) is 0.357. The molecule has 1 aromatic heterocycles. The van der Waals surface area contributed by atoms with E-state index in [0.717, 1.165) is 17.0 Å². The average Bonchev–Trinajstić information content (AvgIpc) is 2.72. The molecule has 19 heavy (non-hydrogen) atoms. The van der Waals surface area contributed by atoms with Crippen molar-refractivity contribution in [2.45, 2.75) is 27.3 Å². The van der Waals surface area contributed by atoms with Gasteiger partial charge in [0.1, 0.15) is 5.82 Å². The molecule has 1 N–H and O–H groups in total. The van der Waals surface area contributed by atoms with E-state index in [0.29, 0.717) is 17.9 Å². The minimum atomic E-state index is -0.0192. The third-order valence-electron chi connectivity index (χ3n) is 2.84. The molecule has 1 heterocycles. The molecule has 100 valence electrons. The van der Waals surface area contributed by atoms with Crippen LogP contribution in [0.3, 0.4) is 0 Å². The zero-order valence-corrected chi connectivity index (χ0v) is 11.7. The maximum atomic E-state index is 12.3. The van der Waals surface area contributed by atoms with E-state index in [4.69, 9.17) is 0 Å². The van der Waals surface area contributed by atoms with Crippen molar-refractivity contribution in [1.29, 1.82) is 0 Å². The predicted octanol–water partition coefficient (Wildman–Crippen LogP) is 2.00. The smallest absolute Gasteiger partial charge is 0.254 e. The number of aryl methyl sites for hydroxylation is 3. The molecule has 0 saturated carbocycles. The highest BCUT2D eigenvalue weighted by Gasteiger charge is 2.14. The summed E-state index contributed by atoms with van der Waals surface area (Å²) in [6, 6.07) is 5.85. The minimum Gasteiger partial charge on any atom is -0.334 e. The van der Waals surface area contributed by atoms with E-state index in [1.54, 1.807) is 11.9 Å². The van der Waals surface area contributed by atoms with Gasteiger partial charge in [0, 0.05) is 12.6 Å². The van der Waals surface area contributed by atoms with Crippen LogP contribution in [0.4, 0.5) is 0 Å². The largest absolute Gasteiger partial charge is 0.334 e. The highest BCUT2D eigenvalue weighted by atomic mass is 16.2. The Bertz CT molecular complexity index is 583. The lowest BCUT2D eigenvalue weighted by atomic mass is 10.1. The number of aromatic nitrogens is 3. The predicted molar refractivity (Wildman–Crippen MR) is 72.8 cm³/mol. The molecule has 2 rings (SSSR count). The van der Waals surface area contributed by atoms with Crippen LogP contribution in [-0.4, -0.2) is 33.0 Å². The van der Waals surface area contributed by atoms with Crippen LogP contribution in [0.15, 0.2) is 18.2 Å². The number of amides is 1. The summed E-state index contributed by atoms with van der Waals surface area (Å²) in [7, 11) is 1.76. The van der Waals surface area contributed by atoms with Gasteiger partial charge in [-0.15, -0.1) is 0 Å². The Labute approximate surface area is 112 Å². The number of aromatic amines is 1. The zero-order chi connectivity index (χ0) is 14.0. The van der Waals surface area contributed by atoms with Crippen LogP contribution in [-0.2, 0) is 6.54 Å². The SMILES string of the molecule is Cc1cc(C)cc(C(=O)N(C)Cc2n[nH]c(C)n2)c1. The molecule has 0 aliphatic heterocycles. The number of nitrogens with zero attached hydrogens (tertiary/aromatic N) is 3. The van der Waals surface area contributed by atoms with E-state index in [1.165, 1.54) is 0 Å². The van der Waals surface area contributed by atoms with E-state index in [9.17, 15) is 4.79 Å². The molecule has 1 amide bonds. The fourth-order valence-corrected chi connectivity index (χ4v) is 2.06. The van der Waals surface area contributed by atoms with E-state index in [-0.39, 0.29) is 5.91 Å². The maximum Gasteiger partial charge on any atom is 0.254 e. The van der Waals surface area contributed by atoms with Crippen LogP contribution >= 0.6 is 0 Å². The van der Waals surface area contributed by atoms with Gasteiger partial charge in [-0.3, -0.25) is 9.89 Å². The molecule has 0 aliphatic rings. The van der Waals surface area contributed by atoms with Crippen molar-refractivity contribution >= 4 is 5.91 Å². The van der Waals surface area contributed by atoms with E-state index < -0.39 is 0 Å². The van der Waals surface area contributed by atoms with Crippen LogP contribution in [0.1, 0.15) is 33.1 Å². The molecule has 0 atom stereocenters. The maximum absolute atomic E-state index is 12.3. The molecule has 2 aromatic rings. The van der Waals surface area contributed by atoms with E-state index in [2.05, 4.69) is 21.2 Å². The van der Waals surface area contributed by atoms with Gasteiger partial charge in [0.05, 0.1) is 6.54 Å². The number of hydrogen-bond acceptors (Lipinski definition) is 3. The molecule has 5 nitrogen and oxygen atoms in total. The van der Waals surface area contributed by atoms with Crippen LogP contribution in [0.2, 0.25) is 0 Å². The van der Waals surface area contributed by atoms with Crippen molar-refractivity contribution in [2.75, 3.05) is 7.05 Å². The topological polar surface area (TPSA) is 61.9 Å². The van der Waals surface area contributed by atoms with Crippen LogP contribution in [0, 0.1) is 20.8 Å². The van der Waals surface area contributed by atoms with Gasteiger partial charge in [-0.2, -0.15) is 5.10 Å². The van der Waals surface area contributed by atoms with Crippen molar-refractivity contribution in [3.8, 4) is 0 Å². The summed E-state index contributed by atoms with van der Waals surface area (Å²) in [5, 5.41) is 6.81. The van der Waals surface area contributed by atoms with Gasteiger partial charge in [0.2, 0.25) is 0 Å². The lowest BCUT2D eigenvalue weighted by Gasteiger charge is -2.16. The van der Waals surface area contributed by atoms with Gasteiger partial charge >= 0.3 is 0 Å². The number of benzene rings is 1. The van der Waals surface area contributed by atoms with Gasteiger partial charge in [0.15, 0.2) is 5.82 Å². The fourth-order valence-electron chi connectivity index (χ4n) is 2.06. The zero-order valence-electron chi connectivity index (χ0n) is 11.7. The van der Waals surface area contributed by atoms with Gasteiger partial charge in [-0.25, -0.2) is 4.98 Å². The lowest BCUT2D eigenvalue weighted by molar-refractivity contribution is 0.0781. The molecule has 0 unspecified atom stereocenters. The number of H-pyrrole nitrogens is 1. The number of hydrogen-bond donors (Lipinski definition) is 1. The molecule has 0 spiro atoms. The molecule has 0 aliphatic carbocycles. The summed E-state index contributed by atoms with van der Waals surface area (Å²) in [4.78, 5) is 18.1. The van der Waals surface area contributed by atoms with Crippen LogP contribution in [0.25, 0.3) is 0 Å². The lowest BCUT2D eigenvalue weighted by Crippen LogP contribution is -2.26. The van der Waals surface area contributed by atoms with Gasteiger partial charge in [0.25, 0.3) is 5.91 Å². The Morgan fingerprint density at radius 2 is 1.84 bits per heavy atom. The molecule has 0 saturated heterocycles. The Kier molecular flexibility index (Phi) is 3.64. The minimum absolute atomic E-state index is 0.0192. The Morgan fingerprint density at radius 1 is 1.21 bits per heavy atom. The highest BCUT2D eigenvalue weighted by Crippen LogP contribution is 2.11. The summed E-state index contributed by atoms with van der Waals surface area (Å²) < 4.78 is 0. The first-order valence-corrected chi connectivity index (χ1v) is 6.17. The standard InChI is InChI=1S/C14H18N4O/c1-9-5-10(2)7-12(6-9)14(19)18(4)8-13-15-11(3)16-17-13/h5-7H,8H2,1-4H3,(H,15,16,17). The first kappa shape index (κ1) is 13.3. The Morgan fingerprint density at radius 3 is 2.37 bits per heavy atom. The molecular formula is C14H18N4O. The number of carbonyl (C=O) groups is 1. The molecule has 5 heteroatoms. The van der Waals surface area contributed by atoms with Gasteiger partial charge in [-0.1, -0.05) is 17.2 Å². The van der Waals surface area contributed by atoms with Crippen LogP contribution < -0.4 is 0 Å². The second-order valence-corrected chi connectivity index (χ2v) is 4.87. The average molecular weight is 258 g/mol. The van der Waals surface area contributed by atoms with Crippen LogP contribution in [0.5, 0.6) is 0 Å². The molecule has 0 radical (unpaired) electrons. The number of nitrogens with one attached hydrogen (secondary N) is 1. The molecular weight excluding hydrogens is 240 g/mol. The molecule has 1 aromatic carbocycles. The second-order valence-electron chi connectivity index (χ2n) is 4.87. The highest BCUT2D eigenvalue weighted by molar-refractivity contribution is 5.94. The Balaban J connectivity index is 2.14. The molecule has 0 fully saturated rings. The Hall–Kier alpha value is -2.17. The van der Waals surface area contributed by atoms with Crippen molar-refractivity contribution in [3.63, 3.8) is 0 Å². The van der Waals surface area contributed by atoms with Crippen molar-refractivity contribution in [1.82, 2.24) is 20.1 Å². The second kappa shape index (κ2) is 5.22. The van der Waals surface area contributed by atoms with E-state index >= 15 is 0 Å². The van der Waals surface area contributed by atoms with Crippen molar-refractivity contribution in [3.05, 3.63) is 46.5 Å². The number of rotatable bonds is 3. The monoisotopic (exact) mass is 258 g/mol.